The molecule has 0 aromatic heterocycles. The monoisotopic (exact) mass is 579 g/mol. The van der Waals surface area contributed by atoms with Crippen molar-refractivity contribution in [1.82, 2.24) is 4.31 Å². The Hall–Kier alpha value is -1.46. The van der Waals surface area contributed by atoms with E-state index in [-0.39, 0.29) is 42.4 Å². The van der Waals surface area contributed by atoms with Crippen LogP contribution in [-0.4, -0.2) is 46.6 Å². The van der Waals surface area contributed by atoms with Crippen LogP contribution in [0.1, 0.15) is 37.7 Å². The summed E-state index contributed by atoms with van der Waals surface area (Å²) in [5.41, 5.74) is -0.417. The second-order valence-corrected chi connectivity index (χ2v) is 14.8. The molecular formula is C24H25Cl2F2NO5S2. The van der Waals surface area contributed by atoms with E-state index in [4.69, 9.17) is 27.9 Å². The summed E-state index contributed by atoms with van der Waals surface area (Å²) in [6, 6.07) is 6.28. The lowest BCUT2D eigenvalue weighted by molar-refractivity contribution is 0.103. The van der Waals surface area contributed by atoms with Gasteiger partial charge in [0.1, 0.15) is 4.75 Å². The van der Waals surface area contributed by atoms with Gasteiger partial charge < -0.3 is 4.74 Å². The number of nitrogens with zero attached hydrogens (tertiary/aromatic N) is 1. The van der Waals surface area contributed by atoms with Crippen LogP contribution in [0.25, 0.3) is 0 Å². The van der Waals surface area contributed by atoms with Gasteiger partial charge in [0, 0.05) is 24.0 Å². The Morgan fingerprint density at radius 3 is 2.39 bits per heavy atom. The van der Waals surface area contributed by atoms with Gasteiger partial charge in [-0.3, -0.25) is 0 Å². The van der Waals surface area contributed by atoms with Gasteiger partial charge in [-0.05, 0) is 68.4 Å². The second-order valence-electron chi connectivity index (χ2n) is 9.74. The smallest absolute Gasteiger partial charge is 0.214 e. The molecule has 2 heterocycles. The number of sulfone groups is 1. The van der Waals surface area contributed by atoms with E-state index in [9.17, 15) is 21.2 Å². The number of benzene rings is 2. The molecule has 36 heavy (non-hydrogen) atoms. The minimum absolute atomic E-state index is 0.0901. The van der Waals surface area contributed by atoms with Crippen LogP contribution in [0.5, 0.6) is 5.75 Å². The molecule has 6 nitrogen and oxygen atoms in total. The van der Waals surface area contributed by atoms with Crippen LogP contribution < -0.4 is 4.74 Å². The first-order valence-electron chi connectivity index (χ1n) is 11.8. The van der Waals surface area contributed by atoms with Gasteiger partial charge >= 0.3 is 0 Å². The van der Waals surface area contributed by atoms with Gasteiger partial charge in [-0.25, -0.2) is 29.9 Å². The molecule has 0 unspecified atom stereocenters. The summed E-state index contributed by atoms with van der Waals surface area (Å²) in [5.74, 6) is -3.75. The predicted molar refractivity (Wildman–Crippen MR) is 133 cm³/mol. The van der Waals surface area contributed by atoms with Crippen molar-refractivity contribution < 1.29 is 30.4 Å². The van der Waals surface area contributed by atoms with Gasteiger partial charge in [0.05, 0.1) is 27.8 Å². The van der Waals surface area contributed by atoms with Crippen molar-refractivity contribution in [2.45, 2.75) is 41.7 Å². The molecule has 0 N–H and O–H groups in total. The van der Waals surface area contributed by atoms with Crippen LogP contribution in [0.15, 0.2) is 35.2 Å². The number of fused-ring (bicyclic) bond motifs is 3. The molecule has 2 fully saturated rings. The lowest BCUT2D eigenvalue weighted by Gasteiger charge is -2.49. The van der Waals surface area contributed by atoms with E-state index < -0.39 is 58.5 Å². The Kier molecular flexibility index (Phi) is 6.81. The maximum absolute atomic E-state index is 15.6. The minimum Gasteiger partial charge on any atom is -0.490 e. The van der Waals surface area contributed by atoms with Gasteiger partial charge in [-0.15, -0.1) is 0 Å². The van der Waals surface area contributed by atoms with Crippen molar-refractivity contribution in [2.24, 2.45) is 11.8 Å². The minimum atomic E-state index is -4.32. The van der Waals surface area contributed by atoms with Crippen LogP contribution in [0.2, 0.25) is 10.0 Å². The van der Waals surface area contributed by atoms with Gasteiger partial charge in [0.25, 0.3) is 0 Å². The highest BCUT2D eigenvalue weighted by molar-refractivity contribution is 7.92. The number of halogens is 4. The maximum Gasteiger partial charge on any atom is 0.214 e. The Labute approximate surface area is 219 Å². The average molecular weight is 581 g/mol. The zero-order chi connectivity index (χ0) is 25.9. The van der Waals surface area contributed by atoms with Crippen LogP contribution in [0, 0.1) is 23.5 Å². The Morgan fingerprint density at radius 2 is 1.72 bits per heavy atom. The molecule has 12 heteroatoms. The predicted octanol–water partition coefficient (Wildman–Crippen LogP) is 5.18. The summed E-state index contributed by atoms with van der Waals surface area (Å²) in [6.45, 7) is 0.762. The fourth-order valence-electron chi connectivity index (χ4n) is 5.98. The van der Waals surface area contributed by atoms with Crippen molar-refractivity contribution >= 4 is 43.1 Å². The molecule has 1 saturated carbocycles. The van der Waals surface area contributed by atoms with E-state index in [1.54, 1.807) is 0 Å². The molecule has 2 aromatic carbocycles. The standard InChI is InChI=1S/C24H25Cl2F2NO5S2/c25-17-3-5-18(6-4-17)36(32,33)24-8-7-15(14-35(30,31)29-9-1-2-10-29)11-16(24)13-34-23-20(27)12-19(26)22(28)21(23)24/h3-6,12,15-16H,1-2,7-11,13-14H2/t15-,16-,24+/m0/s1. The molecule has 2 aromatic rings. The van der Waals surface area contributed by atoms with E-state index in [0.29, 0.717) is 18.1 Å². The van der Waals surface area contributed by atoms with Gasteiger partial charge in [0.2, 0.25) is 10.0 Å². The first kappa shape index (κ1) is 26.2. The van der Waals surface area contributed by atoms with E-state index in [1.807, 2.05) is 0 Å². The molecule has 1 saturated heterocycles. The van der Waals surface area contributed by atoms with Crippen molar-refractivity contribution in [3.63, 3.8) is 0 Å². The Balaban J connectivity index is 1.61. The van der Waals surface area contributed by atoms with E-state index in [2.05, 4.69) is 0 Å². The summed E-state index contributed by atoms with van der Waals surface area (Å²) in [4.78, 5) is -0.0901. The van der Waals surface area contributed by atoms with Crippen LogP contribution in [-0.2, 0) is 24.6 Å². The van der Waals surface area contributed by atoms with Crippen molar-refractivity contribution in [1.29, 1.82) is 0 Å². The summed E-state index contributed by atoms with van der Waals surface area (Å²) < 4.78 is 90.1. The van der Waals surface area contributed by atoms with Gasteiger partial charge in [-0.1, -0.05) is 23.2 Å². The fourth-order valence-corrected chi connectivity index (χ4v) is 10.6. The number of hydrogen-bond donors (Lipinski definition) is 0. The number of rotatable bonds is 5. The zero-order valence-corrected chi connectivity index (χ0v) is 22.4. The molecule has 2 aliphatic heterocycles. The lowest BCUT2D eigenvalue weighted by Crippen LogP contribution is -2.53. The normalized spacial score (nSPS) is 26.8. The molecule has 1 aliphatic carbocycles. The van der Waals surface area contributed by atoms with Gasteiger partial charge in [0.15, 0.2) is 27.2 Å². The van der Waals surface area contributed by atoms with Crippen molar-refractivity contribution in [3.05, 3.63) is 57.6 Å². The first-order chi connectivity index (χ1) is 17.0. The summed E-state index contributed by atoms with van der Waals surface area (Å²) in [5, 5.41) is -0.216. The van der Waals surface area contributed by atoms with Crippen LogP contribution >= 0.6 is 23.2 Å². The molecule has 3 aliphatic rings. The molecule has 196 valence electrons. The van der Waals surface area contributed by atoms with E-state index in [1.165, 1.54) is 28.6 Å². The number of ether oxygens (including phenoxy) is 1. The highest BCUT2D eigenvalue weighted by atomic mass is 35.5. The molecule has 0 spiro atoms. The second kappa shape index (κ2) is 9.38. The number of sulfonamides is 1. The zero-order valence-electron chi connectivity index (χ0n) is 19.2. The van der Waals surface area contributed by atoms with Crippen molar-refractivity contribution in [3.8, 4) is 5.75 Å². The topological polar surface area (TPSA) is 80.8 Å². The molecule has 0 amide bonds. The van der Waals surface area contributed by atoms with Gasteiger partial charge in [-0.2, -0.15) is 0 Å². The Bertz CT molecular complexity index is 1400. The average Bonchev–Trinajstić information content (AvgIpc) is 3.38. The number of hydrogen-bond acceptors (Lipinski definition) is 5. The Morgan fingerprint density at radius 1 is 1.06 bits per heavy atom. The molecule has 5 rings (SSSR count). The van der Waals surface area contributed by atoms with Crippen LogP contribution in [0.4, 0.5) is 8.78 Å². The quantitative estimate of drug-likeness (QED) is 0.456. The summed E-state index contributed by atoms with van der Waals surface area (Å²) in [7, 11) is -7.84. The SMILES string of the molecule is O=S(=O)(C[C@H]1CC[C@]2(S(=O)(=O)c3ccc(Cl)cc3)c3c(F)c(Cl)cc(F)c3OC[C@@H]2C1)N1CCCC1. The third-order valence-electron chi connectivity index (χ3n) is 7.69. The van der Waals surface area contributed by atoms with E-state index in [0.717, 1.165) is 18.9 Å². The molecule has 3 atom stereocenters. The maximum atomic E-state index is 15.6. The largest absolute Gasteiger partial charge is 0.490 e. The summed E-state index contributed by atoms with van der Waals surface area (Å²) >= 11 is 11.9. The molecule has 0 bridgehead atoms. The summed E-state index contributed by atoms with van der Waals surface area (Å²) in [6.07, 6.45) is 1.88. The third-order valence-corrected chi connectivity index (χ3v) is 12.9. The third kappa shape index (κ3) is 4.13. The highest BCUT2D eigenvalue weighted by Gasteiger charge is 2.60. The highest BCUT2D eigenvalue weighted by Crippen LogP contribution is 2.58. The van der Waals surface area contributed by atoms with Crippen LogP contribution in [0.3, 0.4) is 0 Å². The molecule has 0 radical (unpaired) electrons. The lowest BCUT2D eigenvalue weighted by atomic mass is 9.69. The van der Waals surface area contributed by atoms with Crippen molar-refractivity contribution in [2.75, 3.05) is 25.4 Å². The first-order valence-corrected chi connectivity index (χ1v) is 15.6. The fraction of sp³-hybridized carbons (Fsp3) is 0.500. The molecular weight excluding hydrogens is 555 g/mol. The van der Waals surface area contributed by atoms with E-state index >= 15 is 4.39 Å².